The van der Waals surface area contributed by atoms with Gasteiger partial charge in [-0.15, -0.1) is 0 Å². The molecule has 0 spiro atoms. The van der Waals surface area contributed by atoms with Crippen LogP contribution >= 0.6 is 0 Å². The molecule has 0 aliphatic carbocycles. The molecule has 208 valence electrons. The maximum atomic E-state index is 12.8. The minimum atomic E-state index is -1.48. The summed E-state index contributed by atoms with van der Waals surface area (Å²) in [5.41, 5.74) is -3.61. The molecule has 10 nitrogen and oxygen atoms in total. The summed E-state index contributed by atoms with van der Waals surface area (Å²) >= 11 is 0. The topological polar surface area (TPSA) is 135 Å². The number of aliphatic hydroxyl groups excluding tert-OH is 1. The van der Waals surface area contributed by atoms with Gasteiger partial charge < -0.3 is 28.8 Å². The van der Waals surface area contributed by atoms with Crippen molar-refractivity contribution in [2.75, 3.05) is 6.61 Å². The zero-order valence-electron chi connectivity index (χ0n) is 23.7. The van der Waals surface area contributed by atoms with Crippen LogP contribution in [0.5, 0.6) is 0 Å². The quantitative estimate of drug-likeness (QED) is 0.414. The Morgan fingerprint density at radius 2 is 1.00 bits per heavy atom. The van der Waals surface area contributed by atoms with E-state index in [2.05, 4.69) is 0 Å². The fourth-order valence-corrected chi connectivity index (χ4v) is 2.67. The van der Waals surface area contributed by atoms with E-state index in [1.807, 2.05) is 0 Å². The second kappa shape index (κ2) is 11.0. The lowest BCUT2D eigenvalue weighted by Crippen LogP contribution is -2.48. The van der Waals surface area contributed by atoms with E-state index in [0.717, 1.165) is 0 Å². The highest BCUT2D eigenvalue weighted by molar-refractivity contribution is 5.78. The van der Waals surface area contributed by atoms with Gasteiger partial charge in [0.25, 0.3) is 0 Å². The van der Waals surface area contributed by atoms with Crippen LogP contribution in [-0.2, 0) is 42.9 Å². The average Bonchev–Trinajstić information content (AvgIpc) is 2.99. The standard InChI is InChI=1S/C26H44O10/c1-23(2,3)19(28)32-13-14(27)15-16(34-20(29)24(4,5)6)17(35-21(30)25(7,8)9)18(33-15)36-22(31)26(10,11)12/h14-18,27H,13H2,1-12H3/t14?,15-,16+,17?,18+/m1/s1. The van der Waals surface area contributed by atoms with Crippen LogP contribution < -0.4 is 0 Å². The maximum absolute atomic E-state index is 12.8. The van der Waals surface area contributed by atoms with Gasteiger partial charge in [-0.1, -0.05) is 0 Å². The number of esters is 4. The minimum Gasteiger partial charge on any atom is -0.462 e. The number of aliphatic hydroxyl groups is 1. The van der Waals surface area contributed by atoms with E-state index in [1.54, 1.807) is 83.1 Å². The molecule has 1 rings (SSSR count). The van der Waals surface area contributed by atoms with Gasteiger partial charge in [0, 0.05) is 0 Å². The SMILES string of the molecule is CC(C)(C)C(=O)OCC(O)[C@H]1O[C@@H](OC(=O)C(C)(C)C)C(OC(=O)C(C)(C)C)[C@H]1OC(=O)C(C)(C)C. The van der Waals surface area contributed by atoms with Crippen molar-refractivity contribution in [3.8, 4) is 0 Å². The molecule has 0 bridgehead atoms. The number of hydrogen-bond acceptors (Lipinski definition) is 10. The van der Waals surface area contributed by atoms with Gasteiger partial charge in [0.05, 0.1) is 21.7 Å². The van der Waals surface area contributed by atoms with Crippen LogP contribution in [0, 0.1) is 21.7 Å². The van der Waals surface area contributed by atoms with E-state index >= 15 is 0 Å². The summed E-state index contributed by atoms with van der Waals surface area (Å²) in [7, 11) is 0. The van der Waals surface area contributed by atoms with Crippen LogP contribution in [0.4, 0.5) is 0 Å². The van der Waals surface area contributed by atoms with E-state index < -0.39 is 82.8 Å². The fourth-order valence-electron chi connectivity index (χ4n) is 2.67. The molecular formula is C26H44O10. The van der Waals surface area contributed by atoms with Crippen LogP contribution in [0.25, 0.3) is 0 Å². The molecule has 1 N–H and O–H groups in total. The largest absolute Gasteiger partial charge is 0.462 e. The molecule has 0 radical (unpaired) electrons. The molecule has 1 fully saturated rings. The highest BCUT2D eigenvalue weighted by Crippen LogP contribution is 2.34. The Bertz CT molecular complexity index is 820. The number of carbonyl (C=O) groups excluding carboxylic acids is 4. The molecule has 1 aliphatic heterocycles. The zero-order chi connectivity index (χ0) is 28.4. The first kappa shape index (κ1) is 31.8. The van der Waals surface area contributed by atoms with Gasteiger partial charge >= 0.3 is 23.9 Å². The van der Waals surface area contributed by atoms with Gasteiger partial charge in [0.15, 0.2) is 6.10 Å². The van der Waals surface area contributed by atoms with Crippen molar-refractivity contribution in [2.45, 2.75) is 114 Å². The van der Waals surface area contributed by atoms with Crippen LogP contribution in [0.2, 0.25) is 0 Å². The third kappa shape index (κ3) is 8.73. The minimum absolute atomic E-state index is 0.482. The molecule has 0 saturated carbocycles. The van der Waals surface area contributed by atoms with Crippen molar-refractivity contribution in [3.63, 3.8) is 0 Å². The Labute approximate surface area is 214 Å². The lowest BCUT2D eigenvalue weighted by molar-refractivity contribution is -0.210. The summed E-state index contributed by atoms with van der Waals surface area (Å²) < 4.78 is 27.9. The number of carbonyl (C=O) groups is 4. The number of rotatable bonds is 6. The Hall–Kier alpha value is -2.20. The fraction of sp³-hybridized carbons (Fsp3) is 0.846. The van der Waals surface area contributed by atoms with Crippen LogP contribution in [-0.4, -0.2) is 66.3 Å². The zero-order valence-corrected chi connectivity index (χ0v) is 23.7. The summed E-state index contributed by atoms with van der Waals surface area (Å²) in [5.74, 6) is -2.52. The second-order valence-electron chi connectivity index (χ2n) is 13.3. The first-order valence-corrected chi connectivity index (χ1v) is 12.1. The summed E-state index contributed by atoms with van der Waals surface area (Å²) in [6, 6.07) is 0. The van der Waals surface area contributed by atoms with Gasteiger partial charge in [0.2, 0.25) is 12.4 Å². The molecule has 5 atom stereocenters. The van der Waals surface area contributed by atoms with E-state index in [1.165, 1.54) is 0 Å². The molecule has 0 aromatic rings. The normalized spacial score (nSPS) is 24.0. The molecular weight excluding hydrogens is 472 g/mol. The summed E-state index contributed by atoms with van der Waals surface area (Å²) in [5, 5.41) is 10.9. The van der Waals surface area contributed by atoms with E-state index in [9.17, 15) is 24.3 Å². The van der Waals surface area contributed by atoms with Crippen molar-refractivity contribution in [1.29, 1.82) is 0 Å². The lowest BCUT2D eigenvalue weighted by atomic mass is 9.96. The average molecular weight is 517 g/mol. The Morgan fingerprint density at radius 3 is 1.39 bits per heavy atom. The van der Waals surface area contributed by atoms with Crippen molar-refractivity contribution in [1.82, 2.24) is 0 Å². The lowest BCUT2D eigenvalue weighted by Gasteiger charge is -2.30. The van der Waals surface area contributed by atoms with E-state index in [-0.39, 0.29) is 0 Å². The predicted molar refractivity (Wildman–Crippen MR) is 129 cm³/mol. The van der Waals surface area contributed by atoms with Crippen molar-refractivity contribution < 1.29 is 48.0 Å². The molecule has 1 heterocycles. The molecule has 1 aliphatic rings. The molecule has 0 aromatic carbocycles. The van der Waals surface area contributed by atoms with Crippen molar-refractivity contribution in [3.05, 3.63) is 0 Å². The third-order valence-corrected chi connectivity index (χ3v) is 5.13. The van der Waals surface area contributed by atoms with Crippen molar-refractivity contribution in [2.24, 2.45) is 21.7 Å². The van der Waals surface area contributed by atoms with E-state index in [4.69, 9.17) is 23.7 Å². The molecule has 0 amide bonds. The first-order chi connectivity index (χ1) is 16.0. The number of hydrogen-bond donors (Lipinski definition) is 1. The van der Waals surface area contributed by atoms with E-state index in [0.29, 0.717) is 0 Å². The highest BCUT2D eigenvalue weighted by atomic mass is 16.8. The van der Waals surface area contributed by atoms with Gasteiger partial charge in [0.1, 0.15) is 18.8 Å². The molecule has 2 unspecified atom stereocenters. The molecule has 0 aromatic heterocycles. The van der Waals surface area contributed by atoms with Crippen LogP contribution in [0.1, 0.15) is 83.1 Å². The summed E-state index contributed by atoms with van der Waals surface area (Å²) in [6.07, 6.45) is -6.99. The van der Waals surface area contributed by atoms with Gasteiger partial charge in [-0.25, -0.2) is 0 Å². The van der Waals surface area contributed by atoms with Gasteiger partial charge in [-0.05, 0) is 83.1 Å². The van der Waals surface area contributed by atoms with Crippen LogP contribution in [0.15, 0.2) is 0 Å². The van der Waals surface area contributed by atoms with Crippen LogP contribution in [0.3, 0.4) is 0 Å². The molecule has 36 heavy (non-hydrogen) atoms. The molecule has 10 heteroatoms. The Morgan fingerprint density at radius 1 is 0.639 bits per heavy atom. The van der Waals surface area contributed by atoms with Gasteiger partial charge in [-0.2, -0.15) is 0 Å². The number of ether oxygens (including phenoxy) is 5. The monoisotopic (exact) mass is 516 g/mol. The first-order valence-electron chi connectivity index (χ1n) is 12.1. The highest BCUT2D eigenvalue weighted by Gasteiger charge is 2.56. The smallest absolute Gasteiger partial charge is 0.313 e. The third-order valence-electron chi connectivity index (χ3n) is 5.13. The van der Waals surface area contributed by atoms with Gasteiger partial charge in [-0.3, -0.25) is 19.2 Å². The summed E-state index contributed by atoms with van der Waals surface area (Å²) in [6.45, 7) is 19.2. The Balaban J connectivity index is 3.39. The predicted octanol–water partition coefficient (Wildman–Crippen LogP) is 3.17. The Kier molecular flexibility index (Phi) is 9.77. The maximum Gasteiger partial charge on any atom is 0.313 e. The second-order valence-corrected chi connectivity index (χ2v) is 13.3. The molecule has 1 saturated heterocycles. The van der Waals surface area contributed by atoms with Crippen molar-refractivity contribution >= 4 is 23.9 Å². The summed E-state index contributed by atoms with van der Waals surface area (Å²) in [4.78, 5) is 50.5.